The number of benzene rings is 2. The van der Waals surface area contributed by atoms with Gasteiger partial charge in [-0.3, -0.25) is 0 Å². The number of nitrogens with one attached hydrogen (secondary N) is 1. The van der Waals surface area contributed by atoms with Crippen LogP contribution in [0, 0.1) is 0 Å². The molecule has 0 saturated carbocycles. The van der Waals surface area contributed by atoms with Crippen molar-refractivity contribution in [1.82, 2.24) is 5.32 Å². The largest absolute Gasteiger partial charge is 0.388 e. The number of rotatable bonds is 6. The van der Waals surface area contributed by atoms with Gasteiger partial charge < -0.3 is 10.4 Å². The lowest BCUT2D eigenvalue weighted by Crippen LogP contribution is -2.32. The lowest BCUT2D eigenvalue weighted by molar-refractivity contribution is 0.0750. The van der Waals surface area contributed by atoms with Crippen LogP contribution in [0.1, 0.15) is 30.3 Å². The van der Waals surface area contributed by atoms with Gasteiger partial charge in [-0.25, -0.2) is 4.39 Å². The number of aliphatic hydroxyl groups excluding tert-OH is 1. The maximum Gasteiger partial charge on any atom is 0.152 e. The summed E-state index contributed by atoms with van der Waals surface area (Å²) in [4.78, 5) is 0. The van der Waals surface area contributed by atoms with E-state index in [1.807, 2.05) is 43.3 Å². The van der Waals surface area contributed by atoms with E-state index in [4.69, 9.17) is 0 Å². The van der Waals surface area contributed by atoms with Crippen LogP contribution >= 0.6 is 0 Å². The fourth-order valence-electron chi connectivity index (χ4n) is 2.12. The molecule has 20 heavy (non-hydrogen) atoms. The van der Waals surface area contributed by atoms with Gasteiger partial charge in [0.05, 0.1) is 0 Å². The summed E-state index contributed by atoms with van der Waals surface area (Å²) in [5, 5.41) is 13.1. The Labute approximate surface area is 119 Å². The van der Waals surface area contributed by atoms with E-state index in [0.717, 1.165) is 5.56 Å². The molecule has 1 unspecified atom stereocenters. The number of hydrogen-bond donors (Lipinski definition) is 2. The standard InChI is InChI=1S/C17H20FNO/c1-13(14-8-4-2-5-9-14)19-12-16(20)17(18)15-10-6-3-7-11-15/h2-11,13,16-17,19-20H,12H2,1H3/t13-,16+,17?/m1/s1. The van der Waals surface area contributed by atoms with E-state index in [-0.39, 0.29) is 12.6 Å². The molecule has 0 heterocycles. The summed E-state index contributed by atoms with van der Waals surface area (Å²) < 4.78 is 14.1. The third-order valence-electron chi connectivity index (χ3n) is 3.39. The van der Waals surface area contributed by atoms with Gasteiger partial charge in [-0.15, -0.1) is 0 Å². The maximum atomic E-state index is 14.1. The molecule has 0 radical (unpaired) electrons. The van der Waals surface area contributed by atoms with Crippen molar-refractivity contribution in [2.45, 2.75) is 25.2 Å². The minimum atomic E-state index is -1.37. The molecule has 2 nitrogen and oxygen atoms in total. The molecule has 0 aromatic heterocycles. The van der Waals surface area contributed by atoms with Crippen molar-refractivity contribution >= 4 is 0 Å². The normalized spacial score (nSPS) is 15.6. The van der Waals surface area contributed by atoms with Gasteiger partial charge in [-0.05, 0) is 18.1 Å². The van der Waals surface area contributed by atoms with E-state index in [2.05, 4.69) is 5.32 Å². The Hall–Kier alpha value is -1.71. The smallest absolute Gasteiger partial charge is 0.152 e. The van der Waals surface area contributed by atoms with Crippen molar-refractivity contribution in [1.29, 1.82) is 0 Å². The predicted octanol–water partition coefficient (Wildman–Crippen LogP) is 3.41. The van der Waals surface area contributed by atoms with Crippen LogP contribution in [-0.4, -0.2) is 17.8 Å². The molecule has 3 atom stereocenters. The first-order valence-electron chi connectivity index (χ1n) is 6.84. The summed E-state index contributed by atoms with van der Waals surface area (Å²) in [5.74, 6) is 0. The quantitative estimate of drug-likeness (QED) is 0.845. The van der Waals surface area contributed by atoms with Gasteiger partial charge in [0.2, 0.25) is 0 Å². The molecular formula is C17H20FNO. The molecule has 3 heteroatoms. The molecular weight excluding hydrogens is 253 g/mol. The van der Waals surface area contributed by atoms with E-state index in [1.54, 1.807) is 24.3 Å². The molecule has 0 aliphatic heterocycles. The summed E-state index contributed by atoms with van der Waals surface area (Å²) >= 11 is 0. The van der Waals surface area contributed by atoms with Crippen LogP contribution in [0.2, 0.25) is 0 Å². The lowest BCUT2D eigenvalue weighted by atomic mass is 10.0. The molecule has 2 aromatic carbocycles. The van der Waals surface area contributed by atoms with Gasteiger partial charge in [0, 0.05) is 12.6 Å². The predicted molar refractivity (Wildman–Crippen MR) is 79.2 cm³/mol. The van der Waals surface area contributed by atoms with Gasteiger partial charge >= 0.3 is 0 Å². The van der Waals surface area contributed by atoms with Crippen LogP contribution in [0.3, 0.4) is 0 Å². The highest BCUT2D eigenvalue weighted by Crippen LogP contribution is 2.21. The molecule has 0 bridgehead atoms. The number of halogens is 1. The fourth-order valence-corrected chi connectivity index (χ4v) is 2.12. The van der Waals surface area contributed by atoms with Gasteiger partial charge in [0.15, 0.2) is 6.17 Å². The molecule has 2 N–H and O–H groups in total. The second kappa shape index (κ2) is 7.17. The van der Waals surface area contributed by atoms with Crippen molar-refractivity contribution in [2.75, 3.05) is 6.54 Å². The Kier molecular flexibility index (Phi) is 5.27. The SMILES string of the molecule is C[C@@H](NC[C@H](O)C(F)c1ccccc1)c1ccccc1. The molecule has 2 aromatic rings. The summed E-state index contributed by atoms with van der Waals surface area (Å²) in [6.07, 6.45) is -2.42. The molecule has 0 spiro atoms. The fraction of sp³-hybridized carbons (Fsp3) is 0.294. The van der Waals surface area contributed by atoms with Crippen LogP contribution in [0.25, 0.3) is 0 Å². The average Bonchev–Trinajstić information content (AvgIpc) is 2.53. The monoisotopic (exact) mass is 273 g/mol. The molecule has 0 aliphatic rings. The Balaban J connectivity index is 1.87. The van der Waals surface area contributed by atoms with E-state index in [1.165, 1.54) is 0 Å². The van der Waals surface area contributed by atoms with E-state index in [0.29, 0.717) is 5.56 Å². The Morgan fingerprint density at radius 2 is 1.45 bits per heavy atom. The highest BCUT2D eigenvalue weighted by atomic mass is 19.1. The van der Waals surface area contributed by atoms with Crippen molar-refractivity contribution in [3.63, 3.8) is 0 Å². The lowest BCUT2D eigenvalue weighted by Gasteiger charge is -2.20. The van der Waals surface area contributed by atoms with Crippen LogP contribution in [0.15, 0.2) is 60.7 Å². The van der Waals surface area contributed by atoms with Gasteiger partial charge in [0.25, 0.3) is 0 Å². The first kappa shape index (κ1) is 14.7. The second-order valence-electron chi connectivity index (χ2n) is 4.92. The number of hydrogen-bond acceptors (Lipinski definition) is 2. The van der Waals surface area contributed by atoms with Crippen LogP contribution in [-0.2, 0) is 0 Å². The van der Waals surface area contributed by atoms with Crippen molar-refractivity contribution in [2.24, 2.45) is 0 Å². The minimum Gasteiger partial charge on any atom is -0.388 e. The number of aliphatic hydroxyl groups is 1. The first-order valence-corrected chi connectivity index (χ1v) is 6.84. The molecule has 106 valence electrons. The summed E-state index contributed by atoms with van der Waals surface area (Å²) in [6.45, 7) is 2.21. The zero-order chi connectivity index (χ0) is 14.4. The van der Waals surface area contributed by atoms with Crippen LogP contribution in [0.5, 0.6) is 0 Å². The second-order valence-corrected chi connectivity index (χ2v) is 4.92. The maximum absolute atomic E-state index is 14.1. The average molecular weight is 273 g/mol. The zero-order valence-electron chi connectivity index (χ0n) is 11.5. The number of alkyl halides is 1. The van der Waals surface area contributed by atoms with E-state index < -0.39 is 12.3 Å². The molecule has 0 amide bonds. The van der Waals surface area contributed by atoms with Crippen LogP contribution < -0.4 is 5.32 Å². The minimum absolute atomic E-state index is 0.0776. The van der Waals surface area contributed by atoms with Gasteiger partial charge in [-0.2, -0.15) is 0 Å². The van der Waals surface area contributed by atoms with Crippen molar-refractivity contribution < 1.29 is 9.50 Å². The van der Waals surface area contributed by atoms with E-state index >= 15 is 0 Å². The molecule has 0 fully saturated rings. The summed E-state index contributed by atoms with van der Waals surface area (Å²) in [7, 11) is 0. The Morgan fingerprint density at radius 1 is 0.950 bits per heavy atom. The highest BCUT2D eigenvalue weighted by molar-refractivity contribution is 5.19. The van der Waals surface area contributed by atoms with Crippen LogP contribution in [0.4, 0.5) is 4.39 Å². The molecule has 0 saturated heterocycles. The Morgan fingerprint density at radius 3 is 2.00 bits per heavy atom. The van der Waals surface area contributed by atoms with Crippen molar-refractivity contribution in [3.8, 4) is 0 Å². The zero-order valence-corrected chi connectivity index (χ0v) is 11.5. The molecule has 0 aliphatic carbocycles. The third kappa shape index (κ3) is 3.89. The van der Waals surface area contributed by atoms with Crippen molar-refractivity contribution in [3.05, 3.63) is 71.8 Å². The molecule has 2 rings (SSSR count). The summed E-state index contributed by atoms with van der Waals surface area (Å²) in [5.41, 5.74) is 1.63. The first-order chi connectivity index (χ1) is 9.68. The Bertz CT molecular complexity index is 503. The topological polar surface area (TPSA) is 32.3 Å². The summed E-state index contributed by atoms with van der Waals surface area (Å²) in [6, 6.07) is 18.7. The van der Waals surface area contributed by atoms with Gasteiger partial charge in [-0.1, -0.05) is 60.7 Å². The van der Waals surface area contributed by atoms with E-state index in [9.17, 15) is 9.50 Å². The highest BCUT2D eigenvalue weighted by Gasteiger charge is 2.20. The third-order valence-corrected chi connectivity index (χ3v) is 3.39. The van der Waals surface area contributed by atoms with Gasteiger partial charge in [0.1, 0.15) is 6.10 Å².